The lowest BCUT2D eigenvalue weighted by molar-refractivity contribution is -0.684. The maximum atomic E-state index is 12.7. The van der Waals surface area contributed by atoms with E-state index in [4.69, 9.17) is 9.83 Å². The van der Waals surface area contributed by atoms with E-state index in [0.29, 0.717) is 58.6 Å². The molecule has 3 N–H and O–H groups in total. The molecule has 0 unspecified atom stereocenters. The number of hydrogen-bond acceptors (Lipinski definition) is 12. The highest BCUT2D eigenvalue weighted by molar-refractivity contribution is 7.86. The van der Waals surface area contributed by atoms with Crippen molar-refractivity contribution in [2.45, 2.75) is 94.9 Å². The van der Waals surface area contributed by atoms with Crippen molar-refractivity contribution < 1.29 is 59.7 Å². The largest absolute Gasteiger partial charge is 0.344 e. The molecule has 1 saturated heterocycles. The molecule has 3 aliphatic heterocycles. The summed E-state index contributed by atoms with van der Waals surface area (Å²) in [5.74, 6) is -2.41. The molecule has 0 atom stereocenters. The standard InChI is InChI=1S/C39H47N5O12S2/c1-38(2)29-23-26(37(48)41(5)49)25-42(20-12-22-57(50,51)52)36(29)40-31(38)13-8-6-9-14-32-39(3,4)28-24-27(58(53,54)55)16-17-30(28)43(32)21-11-7-10-15-35(47)56-44-33(45)18-19-34(44)46/h6,8-9,13-14,16-17,23-25,49H,7,10-12,15,18-22H2,1-5H3,(H-,50,51,52,53,54,55)/p+1. The average molecular weight is 843 g/mol. The third kappa shape index (κ3) is 9.78. The van der Waals surface area contributed by atoms with Crippen LogP contribution in [0.25, 0.3) is 0 Å². The number of unbranched alkanes of at least 4 members (excludes halogenated alkanes) is 2. The van der Waals surface area contributed by atoms with Crippen molar-refractivity contribution in [3.63, 3.8) is 0 Å². The van der Waals surface area contributed by atoms with Crippen molar-refractivity contribution in [1.82, 2.24) is 10.1 Å². The quantitative estimate of drug-likeness (QED) is 0.0408. The van der Waals surface area contributed by atoms with Crippen LogP contribution in [0.1, 0.15) is 94.1 Å². The summed E-state index contributed by atoms with van der Waals surface area (Å²) in [6, 6.07) is 6.10. The topological polar surface area (TPSA) is 232 Å². The Hall–Kier alpha value is -5.08. The third-order valence-electron chi connectivity index (χ3n) is 10.3. The van der Waals surface area contributed by atoms with Gasteiger partial charge >= 0.3 is 11.8 Å². The number of fused-ring (bicyclic) bond motifs is 2. The van der Waals surface area contributed by atoms with Gasteiger partial charge in [0.2, 0.25) is 0 Å². The van der Waals surface area contributed by atoms with Crippen molar-refractivity contribution in [1.29, 1.82) is 0 Å². The molecule has 19 heteroatoms. The van der Waals surface area contributed by atoms with Gasteiger partial charge in [-0.1, -0.05) is 38.5 Å². The lowest BCUT2D eigenvalue weighted by atomic mass is 9.81. The van der Waals surface area contributed by atoms with Crippen LogP contribution in [-0.4, -0.2) is 90.0 Å². The zero-order valence-electron chi connectivity index (χ0n) is 32.9. The first-order chi connectivity index (χ1) is 27.0. The van der Waals surface area contributed by atoms with Gasteiger partial charge in [0, 0.05) is 56.1 Å². The van der Waals surface area contributed by atoms with Crippen molar-refractivity contribution in [2.75, 3.05) is 24.2 Å². The molecule has 3 amide bonds. The number of amides is 3. The lowest BCUT2D eigenvalue weighted by Crippen LogP contribution is -2.38. The van der Waals surface area contributed by atoms with Crippen LogP contribution in [0.15, 0.2) is 76.4 Å². The van der Waals surface area contributed by atoms with Crippen LogP contribution >= 0.6 is 0 Å². The van der Waals surface area contributed by atoms with Crippen LogP contribution in [0.5, 0.6) is 0 Å². The van der Waals surface area contributed by atoms with Gasteiger partial charge in [-0.15, -0.1) is 5.06 Å². The Kier molecular flexibility index (Phi) is 12.9. The fraction of sp³-hybridized carbons (Fsp3) is 0.436. The zero-order valence-corrected chi connectivity index (χ0v) is 34.5. The Balaban J connectivity index is 1.34. The molecule has 312 valence electrons. The summed E-state index contributed by atoms with van der Waals surface area (Å²) in [6.45, 7) is 8.35. The molecule has 58 heavy (non-hydrogen) atoms. The van der Waals surface area contributed by atoms with E-state index in [9.17, 15) is 50.3 Å². The second-order valence-corrected chi connectivity index (χ2v) is 18.3. The molecule has 0 aliphatic carbocycles. The zero-order chi connectivity index (χ0) is 42.8. The predicted molar refractivity (Wildman–Crippen MR) is 210 cm³/mol. The summed E-state index contributed by atoms with van der Waals surface area (Å²) < 4.78 is 67.6. The van der Waals surface area contributed by atoms with E-state index in [-0.39, 0.29) is 42.7 Å². The molecule has 1 fully saturated rings. The van der Waals surface area contributed by atoms with E-state index in [1.165, 1.54) is 25.4 Å². The van der Waals surface area contributed by atoms with Crippen LogP contribution in [0, 0.1) is 0 Å². The number of benzene rings is 1. The number of hydroxylamine groups is 4. The number of aliphatic imine (C=N–C) groups is 1. The van der Waals surface area contributed by atoms with Crippen molar-refractivity contribution >= 4 is 61.1 Å². The molecule has 0 bridgehead atoms. The fourth-order valence-corrected chi connectivity index (χ4v) is 8.19. The second kappa shape index (κ2) is 17.0. The Morgan fingerprint density at radius 3 is 2.26 bits per heavy atom. The minimum absolute atomic E-state index is 0.00907. The molecule has 1 aromatic carbocycles. The van der Waals surface area contributed by atoms with Gasteiger partial charge in [-0.05, 0) is 73.7 Å². The molecule has 0 spiro atoms. The highest BCUT2D eigenvalue weighted by Gasteiger charge is 2.44. The minimum atomic E-state index is -4.47. The minimum Gasteiger partial charge on any atom is -0.344 e. The fourth-order valence-electron chi connectivity index (χ4n) is 7.19. The molecule has 1 aromatic heterocycles. The highest BCUT2D eigenvalue weighted by atomic mass is 32.2. The summed E-state index contributed by atoms with van der Waals surface area (Å²) in [5, 5.41) is 10.8. The van der Waals surface area contributed by atoms with E-state index in [0.717, 1.165) is 11.4 Å². The molecule has 0 saturated carbocycles. The van der Waals surface area contributed by atoms with Gasteiger partial charge in [-0.3, -0.25) is 28.7 Å². The number of imide groups is 1. The van der Waals surface area contributed by atoms with E-state index in [2.05, 4.69) is 4.90 Å². The van der Waals surface area contributed by atoms with Gasteiger partial charge in [0.1, 0.15) is 6.20 Å². The first kappa shape index (κ1) is 44.0. The molecule has 5 rings (SSSR count). The molecule has 2 aromatic rings. The number of pyridine rings is 1. The Bertz CT molecular complexity index is 2350. The summed E-state index contributed by atoms with van der Waals surface area (Å²) in [7, 11) is -7.49. The third-order valence-corrected chi connectivity index (χ3v) is 12.0. The molecule has 17 nitrogen and oxygen atoms in total. The Morgan fingerprint density at radius 1 is 0.931 bits per heavy atom. The molecule has 0 radical (unpaired) electrons. The number of aryl methyl sites for hydroxylation is 1. The average Bonchev–Trinajstić information content (AvgIpc) is 3.66. The van der Waals surface area contributed by atoms with E-state index < -0.39 is 60.5 Å². The van der Waals surface area contributed by atoms with Crippen molar-refractivity contribution in [3.8, 4) is 0 Å². The first-order valence-electron chi connectivity index (χ1n) is 18.6. The number of rotatable bonds is 16. The number of hydrogen-bond donors (Lipinski definition) is 3. The summed E-state index contributed by atoms with van der Waals surface area (Å²) in [6.07, 6.45) is 12.4. The number of allylic oxidation sites excluding steroid dienone is 6. The smallest absolute Gasteiger partial charge is 0.333 e. The highest BCUT2D eigenvalue weighted by Crippen LogP contribution is 2.48. The maximum Gasteiger partial charge on any atom is 0.333 e. The summed E-state index contributed by atoms with van der Waals surface area (Å²) >= 11 is 0. The number of aromatic nitrogens is 1. The van der Waals surface area contributed by atoms with Gasteiger partial charge in [0.05, 0.1) is 33.7 Å². The van der Waals surface area contributed by atoms with Crippen LogP contribution < -0.4 is 9.47 Å². The predicted octanol–water partition coefficient (Wildman–Crippen LogP) is 4.29. The van der Waals surface area contributed by atoms with Gasteiger partial charge in [0.15, 0.2) is 5.71 Å². The Labute approximate surface area is 337 Å². The van der Waals surface area contributed by atoms with E-state index in [1.807, 2.05) is 45.9 Å². The lowest BCUT2D eigenvalue weighted by Gasteiger charge is -2.27. The van der Waals surface area contributed by atoms with E-state index >= 15 is 0 Å². The molecular weight excluding hydrogens is 795 g/mol. The number of carbonyl (C=O) groups is 4. The van der Waals surface area contributed by atoms with Gasteiger partial charge < -0.3 is 9.74 Å². The first-order valence-corrected chi connectivity index (χ1v) is 21.7. The molecule has 3 aliphatic rings. The van der Waals surface area contributed by atoms with Crippen LogP contribution in [0.2, 0.25) is 0 Å². The van der Waals surface area contributed by atoms with Gasteiger partial charge in [-0.25, -0.2) is 14.4 Å². The van der Waals surface area contributed by atoms with Crippen molar-refractivity contribution in [3.05, 3.63) is 83.2 Å². The maximum absolute atomic E-state index is 12.7. The number of nitrogens with zero attached hydrogens (tertiary/aromatic N) is 5. The Morgan fingerprint density at radius 2 is 1.62 bits per heavy atom. The molecule has 4 heterocycles. The van der Waals surface area contributed by atoms with Crippen LogP contribution in [-0.2, 0) is 56.8 Å². The number of anilines is 1. The SMILES string of the molecule is CN(O)C(=O)c1cc2c([n+](CCCS(=O)(=O)O)c1)N=C(/C=C/C=C/C=C1/N(CCCCCC(=O)ON3C(=O)CCC3=O)c3ccc(S(=O)(=O)O)cc3C1(C)C)C2(C)C. The van der Waals surface area contributed by atoms with E-state index in [1.54, 1.807) is 28.9 Å². The van der Waals surface area contributed by atoms with Crippen LogP contribution in [0.4, 0.5) is 11.5 Å². The number of carbonyl (C=O) groups excluding carboxylic acids is 4. The van der Waals surface area contributed by atoms with Gasteiger partial charge in [0.25, 0.3) is 38.0 Å². The normalized spacial score (nSPS) is 18.1. The monoisotopic (exact) mass is 842 g/mol. The summed E-state index contributed by atoms with van der Waals surface area (Å²) in [5.41, 5.74) is 2.38. The molecular formula is C39H48N5O12S2+. The summed E-state index contributed by atoms with van der Waals surface area (Å²) in [4.78, 5) is 60.2. The van der Waals surface area contributed by atoms with Crippen molar-refractivity contribution in [2.24, 2.45) is 4.99 Å². The van der Waals surface area contributed by atoms with Gasteiger partial charge in [-0.2, -0.15) is 16.8 Å². The second-order valence-electron chi connectivity index (χ2n) is 15.3. The van der Waals surface area contributed by atoms with Crippen LogP contribution in [0.3, 0.4) is 0 Å².